The Bertz CT molecular complexity index is 1070. The van der Waals surface area contributed by atoms with Crippen molar-refractivity contribution in [2.75, 3.05) is 25.3 Å². The minimum absolute atomic E-state index is 0.0921. The van der Waals surface area contributed by atoms with Gasteiger partial charge in [-0.05, 0) is 24.3 Å². The number of carbonyl (C=O) groups is 2. The molecule has 1 N–H and O–H groups in total. The number of carbonyl (C=O) groups excluding carboxylic acids is 2. The van der Waals surface area contributed by atoms with E-state index >= 15 is 0 Å². The summed E-state index contributed by atoms with van der Waals surface area (Å²) in [7, 11) is 4.67. The zero-order chi connectivity index (χ0) is 22.2. The maximum absolute atomic E-state index is 12.4. The number of anilines is 1. The van der Waals surface area contributed by atoms with E-state index in [0.29, 0.717) is 28.2 Å². The molecule has 0 saturated carbocycles. The fourth-order valence-electron chi connectivity index (χ4n) is 2.67. The van der Waals surface area contributed by atoms with Crippen LogP contribution in [0.3, 0.4) is 0 Å². The number of rotatable bonds is 9. The number of benzene rings is 2. The molecule has 2 aromatic carbocycles. The molecule has 0 atom stereocenters. The molecule has 1 amide bonds. The van der Waals surface area contributed by atoms with Gasteiger partial charge in [0.2, 0.25) is 5.91 Å². The van der Waals surface area contributed by atoms with Crippen LogP contribution in [0.5, 0.6) is 11.5 Å². The number of amides is 1. The van der Waals surface area contributed by atoms with Gasteiger partial charge in [-0.1, -0.05) is 36.0 Å². The van der Waals surface area contributed by atoms with Crippen LogP contribution >= 0.6 is 11.8 Å². The van der Waals surface area contributed by atoms with E-state index in [-0.39, 0.29) is 23.8 Å². The van der Waals surface area contributed by atoms with E-state index in [1.54, 1.807) is 49.1 Å². The van der Waals surface area contributed by atoms with E-state index < -0.39 is 5.97 Å². The van der Waals surface area contributed by atoms with Crippen molar-refractivity contribution >= 4 is 29.3 Å². The summed E-state index contributed by atoms with van der Waals surface area (Å²) in [6.45, 7) is 0.198. The molecule has 10 heteroatoms. The zero-order valence-corrected chi connectivity index (χ0v) is 18.1. The number of nitrogens with one attached hydrogen (secondary N) is 1. The SMILES string of the molecule is COC(=O)c1ccccc1NC(=O)CSc1nnc(COc2ccccc2OC)n1C. The second kappa shape index (κ2) is 10.5. The second-order valence-corrected chi connectivity index (χ2v) is 7.21. The van der Waals surface area contributed by atoms with Gasteiger partial charge in [-0.2, -0.15) is 0 Å². The first-order valence-corrected chi connectivity index (χ1v) is 10.3. The lowest BCUT2D eigenvalue weighted by molar-refractivity contribution is -0.113. The van der Waals surface area contributed by atoms with Crippen molar-refractivity contribution in [1.29, 1.82) is 0 Å². The molecule has 0 radical (unpaired) electrons. The highest BCUT2D eigenvalue weighted by molar-refractivity contribution is 7.99. The smallest absolute Gasteiger partial charge is 0.339 e. The van der Waals surface area contributed by atoms with Gasteiger partial charge in [-0.3, -0.25) is 4.79 Å². The Hall–Kier alpha value is -3.53. The average molecular weight is 442 g/mol. The van der Waals surface area contributed by atoms with Crippen LogP contribution in [0.25, 0.3) is 0 Å². The molecule has 1 aromatic heterocycles. The van der Waals surface area contributed by atoms with Gasteiger partial charge in [0.15, 0.2) is 22.5 Å². The van der Waals surface area contributed by atoms with Gasteiger partial charge in [0, 0.05) is 7.05 Å². The molecule has 9 nitrogen and oxygen atoms in total. The summed E-state index contributed by atoms with van der Waals surface area (Å²) in [5.41, 5.74) is 0.682. The quantitative estimate of drug-likeness (QED) is 0.398. The number of methoxy groups -OCH3 is 2. The highest BCUT2D eigenvalue weighted by Gasteiger charge is 2.16. The summed E-state index contributed by atoms with van der Waals surface area (Å²) in [5, 5.41) is 11.5. The number of nitrogens with zero attached hydrogens (tertiary/aromatic N) is 3. The Morgan fingerprint density at radius 3 is 2.48 bits per heavy atom. The highest BCUT2D eigenvalue weighted by Crippen LogP contribution is 2.27. The molecule has 0 aliphatic carbocycles. The molecule has 0 fully saturated rings. The molecule has 0 unspecified atom stereocenters. The molecule has 31 heavy (non-hydrogen) atoms. The van der Waals surface area contributed by atoms with Crippen molar-refractivity contribution in [2.24, 2.45) is 7.05 Å². The van der Waals surface area contributed by atoms with Crippen LogP contribution in [0.2, 0.25) is 0 Å². The van der Waals surface area contributed by atoms with E-state index in [1.165, 1.54) is 18.9 Å². The standard InChI is InChI=1S/C21H22N4O5S/c1-25-18(12-30-17-11-7-6-10-16(17)28-2)23-24-21(25)31-13-19(26)22-15-9-5-4-8-14(15)20(27)29-3/h4-11H,12-13H2,1-3H3,(H,22,26). The lowest BCUT2D eigenvalue weighted by Gasteiger charge is -2.10. The topological polar surface area (TPSA) is 105 Å². The summed E-state index contributed by atoms with van der Waals surface area (Å²) < 4.78 is 17.5. The first-order chi connectivity index (χ1) is 15.0. The zero-order valence-electron chi connectivity index (χ0n) is 17.3. The van der Waals surface area contributed by atoms with Crippen molar-refractivity contribution in [2.45, 2.75) is 11.8 Å². The summed E-state index contributed by atoms with van der Waals surface area (Å²) in [6, 6.07) is 14.0. The van der Waals surface area contributed by atoms with Crippen LogP contribution in [-0.2, 0) is 23.2 Å². The molecule has 0 aliphatic rings. The minimum atomic E-state index is -0.517. The molecular weight excluding hydrogens is 420 g/mol. The van der Waals surface area contributed by atoms with Gasteiger partial charge in [0.25, 0.3) is 0 Å². The minimum Gasteiger partial charge on any atom is -0.493 e. The number of hydrogen-bond donors (Lipinski definition) is 1. The molecule has 0 aliphatic heterocycles. The first kappa shape index (κ1) is 22.2. The molecule has 0 spiro atoms. The fraction of sp³-hybridized carbons (Fsp3) is 0.238. The van der Waals surface area contributed by atoms with Crippen LogP contribution in [0.4, 0.5) is 5.69 Å². The number of hydrogen-bond acceptors (Lipinski definition) is 8. The van der Waals surface area contributed by atoms with Crippen LogP contribution < -0.4 is 14.8 Å². The highest BCUT2D eigenvalue weighted by atomic mass is 32.2. The Balaban J connectivity index is 1.58. The van der Waals surface area contributed by atoms with E-state index in [2.05, 4.69) is 15.5 Å². The summed E-state index contributed by atoms with van der Waals surface area (Å²) in [4.78, 5) is 24.2. The van der Waals surface area contributed by atoms with Crippen molar-refractivity contribution in [3.8, 4) is 11.5 Å². The van der Waals surface area contributed by atoms with Crippen LogP contribution in [0.1, 0.15) is 16.2 Å². The Labute approximate surface area is 183 Å². The van der Waals surface area contributed by atoms with Crippen molar-refractivity contribution < 1.29 is 23.8 Å². The summed E-state index contributed by atoms with van der Waals surface area (Å²) in [6.07, 6.45) is 0. The van der Waals surface area contributed by atoms with Crippen LogP contribution in [0.15, 0.2) is 53.7 Å². The molecule has 1 heterocycles. The van der Waals surface area contributed by atoms with Gasteiger partial charge < -0.3 is 24.1 Å². The van der Waals surface area contributed by atoms with Gasteiger partial charge in [0.05, 0.1) is 31.2 Å². The second-order valence-electron chi connectivity index (χ2n) is 6.27. The third-order valence-electron chi connectivity index (χ3n) is 4.29. The van der Waals surface area contributed by atoms with Crippen LogP contribution in [0, 0.1) is 0 Å². The number of esters is 1. The number of thioether (sulfide) groups is 1. The normalized spacial score (nSPS) is 10.4. The molecule has 3 aromatic rings. The lowest BCUT2D eigenvalue weighted by atomic mass is 10.2. The molecule has 0 bridgehead atoms. The van der Waals surface area contributed by atoms with E-state index in [9.17, 15) is 9.59 Å². The maximum Gasteiger partial charge on any atom is 0.339 e. The third-order valence-corrected chi connectivity index (χ3v) is 5.31. The van der Waals surface area contributed by atoms with Crippen LogP contribution in [-0.4, -0.2) is 46.6 Å². The van der Waals surface area contributed by atoms with Gasteiger partial charge >= 0.3 is 5.97 Å². The Kier molecular flexibility index (Phi) is 7.50. The number of aromatic nitrogens is 3. The predicted octanol–water partition coefficient (Wildman–Crippen LogP) is 2.92. The summed E-state index contributed by atoms with van der Waals surface area (Å²) >= 11 is 1.23. The van der Waals surface area contributed by atoms with Gasteiger partial charge in [-0.25, -0.2) is 4.79 Å². The maximum atomic E-state index is 12.4. The third kappa shape index (κ3) is 5.54. The Morgan fingerprint density at radius 2 is 1.74 bits per heavy atom. The molecule has 0 saturated heterocycles. The van der Waals surface area contributed by atoms with Crippen molar-refractivity contribution in [1.82, 2.24) is 14.8 Å². The van der Waals surface area contributed by atoms with E-state index in [1.807, 2.05) is 18.2 Å². The lowest BCUT2D eigenvalue weighted by Crippen LogP contribution is -2.17. The molecule has 3 rings (SSSR count). The molecule has 162 valence electrons. The first-order valence-electron chi connectivity index (χ1n) is 9.27. The van der Waals surface area contributed by atoms with Crippen molar-refractivity contribution in [3.05, 3.63) is 59.9 Å². The monoisotopic (exact) mass is 442 g/mol. The Morgan fingerprint density at radius 1 is 1.03 bits per heavy atom. The molecular formula is C21H22N4O5S. The van der Waals surface area contributed by atoms with Gasteiger partial charge in [0.1, 0.15) is 6.61 Å². The predicted molar refractivity (Wildman–Crippen MR) is 115 cm³/mol. The average Bonchev–Trinajstić information content (AvgIpc) is 3.15. The van der Waals surface area contributed by atoms with E-state index in [4.69, 9.17) is 14.2 Å². The number of para-hydroxylation sites is 3. The fourth-order valence-corrected chi connectivity index (χ4v) is 3.40. The van der Waals surface area contributed by atoms with Crippen molar-refractivity contribution in [3.63, 3.8) is 0 Å². The van der Waals surface area contributed by atoms with Gasteiger partial charge in [-0.15, -0.1) is 10.2 Å². The largest absolute Gasteiger partial charge is 0.493 e. The van der Waals surface area contributed by atoms with E-state index in [0.717, 1.165) is 0 Å². The summed E-state index contributed by atoms with van der Waals surface area (Å²) in [5.74, 6) is 1.13. The number of ether oxygens (including phenoxy) is 3.